The molecular formula is C20H21N5. The van der Waals surface area contributed by atoms with Crippen LogP contribution in [-0.2, 0) is 0 Å². The fourth-order valence-electron chi connectivity index (χ4n) is 3.18. The van der Waals surface area contributed by atoms with Gasteiger partial charge in [-0.1, -0.05) is 0 Å². The predicted octanol–water partition coefficient (Wildman–Crippen LogP) is 2.96. The van der Waals surface area contributed by atoms with E-state index in [0.29, 0.717) is 0 Å². The molecule has 1 fully saturated rings. The van der Waals surface area contributed by atoms with Crippen LogP contribution < -0.4 is 4.90 Å². The summed E-state index contributed by atoms with van der Waals surface area (Å²) in [7, 11) is 2.17. The van der Waals surface area contributed by atoms with Crippen molar-refractivity contribution in [3.05, 3.63) is 61.3 Å². The maximum Gasteiger partial charge on any atom is 0.136 e. The van der Waals surface area contributed by atoms with Gasteiger partial charge in [0.1, 0.15) is 5.82 Å². The van der Waals surface area contributed by atoms with Crippen LogP contribution in [0.3, 0.4) is 0 Å². The van der Waals surface area contributed by atoms with E-state index in [9.17, 15) is 0 Å². The molecule has 1 saturated heterocycles. The zero-order valence-corrected chi connectivity index (χ0v) is 14.3. The number of hydrogen-bond donors (Lipinski definition) is 0. The summed E-state index contributed by atoms with van der Waals surface area (Å²) in [5.74, 6) is 1.05. The molecule has 0 N–H and O–H groups in total. The topological polar surface area (TPSA) is 45.2 Å². The zero-order chi connectivity index (χ0) is 17.1. The summed E-state index contributed by atoms with van der Waals surface area (Å²) < 4.78 is 0. The highest BCUT2D eigenvalue weighted by Crippen LogP contribution is 2.31. The van der Waals surface area contributed by atoms with E-state index in [4.69, 9.17) is 0 Å². The van der Waals surface area contributed by atoms with Crippen molar-refractivity contribution in [1.29, 1.82) is 0 Å². The molecule has 3 aromatic rings. The monoisotopic (exact) mass is 331 g/mol. The summed E-state index contributed by atoms with van der Waals surface area (Å²) in [6.07, 6.45) is 9.30. The third-order valence-electron chi connectivity index (χ3n) is 4.65. The van der Waals surface area contributed by atoms with Crippen molar-refractivity contribution in [2.75, 3.05) is 38.1 Å². The largest absolute Gasteiger partial charge is 0.354 e. The second-order valence-corrected chi connectivity index (χ2v) is 6.36. The van der Waals surface area contributed by atoms with E-state index in [1.54, 1.807) is 0 Å². The van der Waals surface area contributed by atoms with E-state index in [0.717, 1.165) is 54.3 Å². The SMILES string of the molecule is CN1CCN(c2ncccc2-c2cncc(-c3ccncc3)c2)CC1. The van der Waals surface area contributed by atoms with Gasteiger partial charge in [-0.2, -0.15) is 0 Å². The van der Waals surface area contributed by atoms with Gasteiger partial charge in [0.05, 0.1) is 0 Å². The van der Waals surface area contributed by atoms with Crippen LogP contribution in [0.2, 0.25) is 0 Å². The number of pyridine rings is 3. The smallest absolute Gasteiger partial charge is 0.136 e. The lowest BCUT2D eigenvalue weighted by atomic mass is 10.0. The minimum atomic E-state index is 0.998. The van der Waals surface area contributed by atoms with Crippen LogP contribution >= 0.6 is 0 Å². The van der Waals surface area contributed by atoms with E-state index in [1.165, 1.54) is 0 Å². The van der Waals surface area contributed by atoms with Gasteiger partial charge in [0, 0.05) is 73.9 Å². The number of likely N-dealkylation sites (N-methyl/N-ethyl adjacent to an activating group) is 1. The van der Waals surface area contributed by atoms with Gasteiger partial charge in [-0.25, -0.2) is 4.98 Å². The summed E-state index contributed by atoms with van der Waals surface area (Å²) in [6.45, 7) is 4.12. The first-order chi connectivity index (χ1) is 12.3. The second-order valence-electron chi connectivity index (χ2n) is 6.36. The number of hydrogen-bond acceptors (Lipinski definition) is 5. The fraction of sp³-hybridized carbons (Fsp3) is 0.250. The average molecular weight is 331 g/mol. The van der Waals surface area contributed by atoms with Gasteiger partial charge >= 0.3 is 0 Å². The van der Waals surface area contributed by atoms with Crippen LogP contribution in [-0.4, -0.2) is 53.1 Å². The highest BCUT2D eigenvalue weighted by atomic mass is 15.3. The standard InChI is InChI=1S/C20H21N5/c1-24-9-11-25(12-10-24)20-19(3-2-6-23-20)18-13-17(14-22-15-18)16-4-7-21-8-5-16/h2-8,13-15H,9-12H2,1H3. The van der Waals surface area contributed by atoms with E-state index in [1.807, 2.05) is 49.2 Å². The Morgan fingerprint density at radius 3 is 2.36 bits per heavy atom. The molecule has 0 spiro atoms. The van der Waals surface area contributed by atoms with Crippen LogP contribution in [0.5, 0.6) is 0 Å². The molecule has 0 amide bonds. The molecule has 0 saturated carbocycles. The van der Waals surface area contributed by atoms with Crippen molar-refractivity contribution in [3.63, 3.8) is 0 Å². The van der Waals surface area contributed by atoms with Crippen molar-refractivity contribution in [2.24, 2.45) is 0 Å². The first-order valence-corrected chi connectivity index (χ1v) is 8.55. The minimum Gasteiger partial charge on any atom is -0.354 e. The highest BCUT2D eigenvalue weighted by Gasteiger charge is 2.19. The van der Waals surface area contributed by atoms with Gasteiger partial charge < -0.3 is 9.80 Å². The van der Waals surface area contributed by atoms with Gasteiger partial charge in [-0.15, -0.1) is 0 Å². The van der Waals surface area contributed by atoms with Gasteiger partial charge in [-0.05, 0) is 42.9 Å². The molecule has 126 valence electrons. The molecule has 0 radical (unpaired) electrons. The number of anilines is 1. The Hall–Kier alpha value is -2.79. The van der Waals surface area contributed by atoms with E-state index >= 15 is 0 Å². The third-order valence-corrected chi connectivity index (χ3v) is 4.65. The Balaban J connectivity index is 1.71. The Morgan fingerprint density at radius 1 is 0.800 bits per heavy atom. The maximum absolute atomic E-state index is 4.68. The quantitative estimate of drug-likeness (QED) is 0.738. The van der Waals surface area contributed by atoms with Crippen LogP contribution in [0, 0.1) is 0 Å². The van der Waals surface area contributed by atoms with Gasteiger partial charge in [0.25, 0.3) is 0 Å². The van der Waals surface area contributed by atoms with E-state index in [2.05, 4.69) is 43.9 Å². The lowest BCUT2D eigenvalue weighted by molar-refractivity contribution is 0.312. The molecule has 25 heavy (non-hydrogen) atoms. The molecule has 3 aromatic heterocycles. The van der Waals surface area contributed by atoms with Crippen LogP contribution in [0.1, 0.15) is 0 Å². The Kier molecular flexibility index (Phi) is 4.39. The summed E-state index contributed by atoms with van der Waals surface area (Å²) in [5, 5.41) is 0. The van der Waals surface area contributed by atoms with E-state index in [-0.39, 0.29) is 0 Å². The first-order valence-electron chi connectivity index (χ1n) is 8.55. The molecule has 1 aliphatic heterocycles. The van der Waals surface area contributed by atoms with Crippen molar-refractivity contribution in [1.82, 2.24) is 19.9 Å². The molecule has 0 atom stereocenters. The Morgan fingerprint density at radius 2 is 1.56 bits per heavy atom. The molecule has 0 aromatic carbocycles. The zero-order valence-electron chi connectivity index (χ0n) is 14.3. The summed E-state index contributed by atoms with van der Waals surface area (Å²) >= 11 is 0. The van der Waals surface area contributed by atoms with Gasteiger partial charge in [0.2, 0.25) is 0 Å². The maximum atomic E-state index is 4.68. The minimum absolute atomic E-state index is 0.998. The van der Waals surface area contributed by atoms with E-state index < -0.39 is 0 Å². The normalized spacial score (nSPS) is 15.3. The molecular weight excluding hydrogens is 310 g/mol. The number of aromatic nitrogens is 3. The molecule has 0 bridgehead atoms. The molecule has 1 aliphatic rings. The summed E-state index contributed by atoms with van der Waals surface area (Å²) in [4.78, 5) is 17.9. The van der Waals surface area contributed by atoms with Crippen LogP contribution in [0.4, 0.5) is 5.82 Å². The lowest BCUT2D eigenvalue weighted by Crippen LogP contribution is -2.45. The molecule has 0 unspecified atom stereocenters. The third kappa shape index (κ3) is 3.37. The predicted molar refractivity (Wildman–Crippen MR) is 100 cm³/mol. The van der Waals surface area contributed by atoms with Crippen LogP contribution in [0.15, 0.2) is 61.3 Å². The molecule has 5 heteroatoms. The van der Waals surface area contributed by atoms with Crippen molar-refractivity contribution in [2.45, 2.75) is 0 Å². The molecule has 4 heterocycles. The summed E-state index contributed by atoms with van der Waals surface area (Å²) in [5.41, 5.74) is 4.44. The second kappa shape index (κ2) is 6.99. The highest BCUT2D eigenvalue weighted by molar-refractivity contribution is 5.78. The van der Waals surface area contributed by atoms with Gasteiger partial charge in [0.15, 0.2) is 0 Å². The van der Waals surface area contributed by atoms with Crippen molar-refractivity contribution < 1.29 is 0 Å². The van der Waals surface area contributed by atoms with Crippen molar-refractivity contribution >= 4 is 5.82 Å². The molecule has 4 rings (SSSR count). The van der Waals surface area contributed by atoms with Crippen LogP contribution in [0.25, 0.3) is 22.3 Å². The number of rotatable bonds is 3. The molecule has 0 aliphatic carbocycles. The number of nitrogens with zero attached hydrogens (tertiary/aromatic N) is 5. The Labute approximate surface area is 148 Å². The molecule has 5 nitrogen and oxygen atoms in total. The lowest BCUT2D eigenvalue weighted by Gasteiger charge is -2.34. The average Bonchev–Trinajstić information content (AvgIpc) is 2.69. The van der Waals surface area contributed by atoms with Crippen molar-refractivity contribution in [3.8, 4) is 22.3 Å². The fourth-order valence-corrected chi connectivity index (χ4v) is 3.18. The first kappa shape index (κ1) is 15.7. The van der Waals surface area contributed by atoms with Gasteiger partial charge in [-0.3, -0.25) is 9.97 Å². The summed E-state index contributed by atoms with van der Waals surface area (Å²) in [6, 6.07) is 10.3. The number of piperazine rings is 1. The Bertz CT molecular complexity index is 841.